The summed E-state index contributed by atoms with van der Waals surface area (Å²) in [6.07, 6.45) is 6.45. The number of thioether (sulfide) groups is 2. The SMILES string of the molecule is CCCC(CCSCCCOC(=O)c1ccccc1C(=O)OCCCSCCC(CCC)C(=O)OCC)C(=O)OCC. The Bertz CT molecular complexity index is 851. The van der Waals surface area contributed by atoms with Gasteiger partial charge in [0.2, 0.25) is 0 Å². The second-order valence-corrected chi connectivity index (χ2v) is 12.3. The van der Waals surface area contributed by atoms with Crippen LogP contribution in [0, 0.1) is 11.8 Å². The van der Waals surface area contributed by atoms with Crippen molar-refractivity contribution in [3.8, 4) is 0 Å². The number of benzene rings is 1. The van der Waals surface area contributed by atoms with E-state index in [1.54, 1.807) is 47.8 Å². The fourth-order valence-corrected chi connectivity index (χ4v) is 6.23. The second-order valence-electron chi connectivity index (χ2n) is 9.80. The maximum Gasteiger partial charge on any atom is 0.339 e. The molecule has 238 valence electrons. The van der Waals surface area contributed by atoms with Crippen LogP contribution in [0.3, 0.4) is 0 Å². The fraction of sp³-hybridized carbons (Fsp3) is 0.688. The predicted octanol–water partition coefficient (Wildman–Crippen LogP) is 6.99. The van der Waals surface area contributed by atoms with E-state index in [1.807, 2.05) is 13.8 Å². The molecular formula is C32H50O8S2. The lowest BCUT2D eigenvalue weighted by molar-refractivity contribution is -0.149. The van der Waals surface area contributed by atoms with Gasteiger partial charge in [-0.2, -0.15) is 23.5 Å². The van der Waals surface area contributed by atoms with E-state index in [1.165, 1.54) is 0 Å². The predicted molar refractivity (Wildman–Crippen MR) is 170 cm³/mol. The number of ether oxygens (including phenoxy) is 4. The monoisotopic (exact) mass is 626 g/mol. The molecule has 0 saturated carbocycles. The third kappa shape index (κ3) is 15.9. The lowest BCUT2D eigenvalue weighted by Gasteiger charge is -2.14. The van der Waals surface area contributed by atoms with E-state index in [9.17, 15) is 19.2 Å². The second kappa shape index (κ2) is 24.3. The molecule has 10 heteroatoms. The number of rotatable bonds is 24. The van der Waals surface area contributed by atoms with Crippen molar-refractivity contribution in [1.82, 2.24) is 0 Å². The largest absolute Gasteiger partial charge is 0.466 e. The van der Waals surface area contributed by atoms with E-state index in [-0.39, 0.29) is 48.1 Å². The number of carbonyl (C=O) groups excluding carboxylic acids is 4. The molecule has 2 unspecified atom stereocenters. The zero-order valence-electron chi connectivity index (χ0n) is 25.9. The summed E-state index contributed by atoms with van der Waals surface area (Å²) in [5.74, 6) is 1.86. The standard InChI is InChI=1S/C32H50O8S2/c1-5-13-25(29(33)37-7-3)17-23-41-21-11-19-39-31(35)27-15-9-10-16-28(27)32(36)40-20-12-22-42-24-18-26(14-6-2)30(34)38-8-4/h9-10,15-16,25-26H,5-8,11-14,17-24H2,1-4H3. The van der Waals surface area contributed by atoms with Crippen LogP contribution in [0.5, 0.6) is 0 Å². The van der Waals surface area contributed by atoms with Crippen molar-refractivity contribution >= 4 is 47.4 Å². The summed E-state index contributed by atoms with van der Waals surface area (Å²) < 4.78 is 21.2. The fourth-order valence-electron chi connectivity index (χ4n) is 4.28. The minimum atomic E-state index is -0.545. The van der Waals surface area contributed by atoms with Gasteiger partial charge >= 0.3 is 23.9 Å². The summed E-state index contributed by atoms with van der Waals surface area (Å²) >= 11 is 3.45. The van der Waals surface area contributed by atoms with E-state index >= 15 is 0 Å². The van der Waals surface area contributed by atoms with Gasteiger partial charge in [-0.1, -0.05) is 38.8 Å². The topological polar surface area (TPSA) is 105 Å². The molecule has 0 N–H and O–H groups in total. The zero-order chi connectivity index (χ0) is 31.0. The normalized spacial score (nSPS) is 12.3. The summed E-state index contributed by atoms with van der Waals surface area (Å²) in [5.41, 5.74) is 0.393. The molecule has 0 aliphatic heterocycles. The minimum absolute atomic E-state index is 0.0589. The molecule has 0 fully saturated rings. The van der Waals surface area contributed by atoms with Gasteiger partial charge in [0.1, 0.15) is 0 Å². The molecule has 1 aromatic carbocycles. The van der Waals surface area contributed by atoms with Crippen LogP contribution in [0.25, 0.3) is 0 Å². The van der Waals surface area contributed by atoms with Crippen LogP contribution >= 0.6 is 23.5 Å². The van der Waals surface area contributed by atoms with E-state index in [0.29, 0.717) is 26.1 Å². The van der Waals surface area contributed by atoms with Crippen molar-refractivity contribution in [2.75, 3.05) is 49.4 Å². The van der Waals surface area contributed by atoms with E-state index in [0.717, 1.165) is 61.5 Å². The quantitative estimate of drug-likeness (QED) is 0.0677. The average molecular weight is 627 g/mol. The number of hydrogen-bond donors (Lipinski definition) is 0. The van der Waals surface area contributed by atoms with Gasteiger partial charge in [-0.25, -0.2) is 9.59 Å². The van der Waals surface area contributed by atoms with Gasteiger partial charge in [0.25, 0.3) is 0 Å². The molecule has 42 heavy (non-hydrogen) atoms. The van der Waals surface area contributed by atoms with Crippen LogP contribution in [0.2, 0.25) is 0 Å². The molecular weight excluding hydrogens is 576 g/mol. The Labute approximate surface area is 260 Å². The Morgan fingerprint density at radius 3 is 1.36 bits per heavy atom. The number of hydrogen-bond acceptors (Lipinski definition) is 10. The Balaban J connectivity index is 2.33. The molecule has 0 bridgehead atoms. The Morgan fingerprint density at radius 2 is 1.00 bits per heavy atom. The first kappa shape index (κ1) is 37.8. The molecule has 1 rings (SSSR count). The first-order valence-corrected chi connectivity index (χ1v) is 17.6. The highest BCUT2D eigenvalue weighted by Gasteiger charge is 2.21. The van der Waals surface area contributed by atoms with Crippen molar-refractivity contribution in [3.05, 3.63) is 35.4 Å². The molecule has 8 nitrogen and oxygen atoms in total. The van der Waals surface area contributed by atoms with Crippen molar-refractivity contribution in [2.24, 2.45) is 11.8 Å². The van der Waals surface area contributed by atoms with Gasteiger partial charge in [-0.05, 0) is 87.5 Å². The van der Waals surface area contributed by atoms with Crippen LogP contribution in [0.4, 0.5) is 0 Å². The highest BCUT2D eigenvalue weighted by molar-refractivity contribution is 7.99. The maximum atomic E-state index is 12.7. The lowest BCUT2D eigenvalue weighted by atomic mass is 10.0. The third-order valence-corrected chi connectivity index (χ3v) is 8.64. The molecule has 1 aromatic rings. The van der Waals surface area contributed by atoms with Crippen molar-refractivity contribution in [2.45, 2.75) is 79.1 Å². The highest BCUT2D eigenvalue weighted by Crippen LogP contribution is 2.19. The van der Waals surface area contributed by atoms with Crippen LogP contribution in [-0.4, -0.2) is 73.3 Å². The first-order chi connectivity index (χ1) is 20.4. The van der Waals surface area contributed by atoms with Crippen LogP contribution in [0.1, 0.15) is 99.8 Å². The molecule has 0 aromatic heterocycles. The van der Waals surface area contributed by atoms with E-state index in [4.69, 9.17) is 18.9 Å². The van der Waals surface area contributed by atoms with Crippen LogP contribution in [0.15, 0.2) is 24.3 Å². The Hall–Kier alpha value is -2.20. The molecule has 0 saturated heterocycles. The summed E-state index contributed by atoms with van der Waals surface area (Å²) in [4.78, 5) is 49.4. The summed E-state index contributed by atoms with van der Waals surface area (Å²) in [7, 11) is 0. The van der Waals surface area contributed by atoms with Crippen molar-refractivity contribution < 1.29 is 38.1 Å². The van der Waals surface area contributed by atoms with E-state index in [2.05, 4.69) is 13.8 Å². The Morgan fingerprint density at radius 1 is 0.595 bits per heavy atom. The third-order valence-electron chi connectivity index (χ3n) is 6.43. The van der Waals surface area contributed by atoms with Crippen molar-refractivity contribution in [3.63, 3.8) is 0 Å². The highest BCUT2D eigenvalue weighted by atomic mass is 32.2. The van der Waals surface area contributed by atoms with Gasteiger partial charge in [0.05, 0.1) is 49.4 Å². The molecule has 0 heterocycles. The maximum absolute atomic E-state index is 12.7. The minimum Gasteiger partial charge on any atom is -0.466 e. The molecule has 0 aliphatic carbocycles. The van der Waals surface area contributed by atoms with Gasteiger partial charge in [-0.15, -0.1) is 0 Å². The zero-order valence-corrected chi connectivity index (χ0v) is 27.5. The molecule has 2 atom stereocenters. The van der Waals surface area contributed by atoms with Gasteiger partial charge in [-0.3, -0.25) is 9.59 Å². The van der Waals surface area contributed by atoms with Crippen LogP contribution < -0.4 is 0 Å². The van der Waals surface area contributed by atoms with Crippen molar-refractivity contribution in [1.29, 1.82) is 0 Å². The molecule has 0 spiro atoms. The summed E-state index contributed by atoms with van der Waals surface area (Å²) in [6, 6.07) is 6.53. The molecule has 0 radical (unpaired) electrons. The average Bonchev–Trinajstić information content (AvgIpc) is 2.98. The Kier molecular flexibility index (Phi) is 21.9. The van der Waals surface area contributed by atoms with Gasteiger partial charge in [0, 0.05) is 0 Å². The van der Waals surface area contributed by atoms with Gasteiger partial charge in [0.15, 0.2) is 0 Å². The first-order valence-electron chi connectivity index (χ1n) is 15.3. The lowest BCUT2D eigenvalue weighted by Crippen LogP contribution is -2.18. The van der Waals surface area contributed by atoms with E-state index < -0.39 is 11.9 Å². The van der Waals surface area contributed by atoms with Gasteiger partial charge < -0.3 is 18.9 Å². The smallest absolute Gasteiger partial charge is 0.339 e. The number of carbonyl (C=O) groups is 4. The summed E-state index contributed by atoms with van der Waals surface area (Å²) in [6.45, 7) is 9.06. The molecule has 0 amide bonds. The van der Waals surface area contributed by atoms with Crippen LogP contribution in [-0.2, 0) is 28.5 Å². The number of esters is 4. The molecule has 0 aliphatic rings. The summed E-state index contributed by atoms with van der Waals surface area (Å²) in [5, 5.41) is 0.